The molecule has 1 fully saturated rings. The molecule has 4 atom stereocenters. The number of ketones is 2. The minimum atomic E-state index is -2.73. The van der Waals surface area contributed by atoms with Gasteiger partial charge in [-0.15, -0.1) is 0 Å². The topological polar surface area (TPSA) is 215 Å². The molecule has 3 aliphatic rings. The highest BCUT2D eigenvalue weighted by atomic mass is 16.6. The highest BCUT2D eigenvalue weighted by Crippen LogP contribution is 2.54. The minimum Gasteiger partial charge on any atom is -0.508 e. The number of aliphatic hydroxyl groups excluding tert-OH is 2. The molecule has 14 heteroatoms. The maximum absolute atomic E-state index is 14.0. The number of phenolic OH excluding ortho intramolecular Hbond substituents is 1. The van der Waals surface area contributed by atoms with E-state index in [4.69, 9.17) is 5.73 Å². The Morgan fingerprint density at radius 1 is 1.18 bits per heavy atom. The molecule has 4 rings (SSSR count). The maximum Gasteiger partial charge on any atom is 0.255 e. The van der Waals surface area contributed by atoms with Crippen LogP contribution in [0.4, 0.5) is 11.4 Å². The van der Waals surface area contributed by atoms with Gasteiger partial charge in [0.25, 0.3) is 5.91 Å². The first-order valence-electron chi connectivity index (χ1n) is 12.4. The summed E-state index contributed by atoms with van der Waals surface area (Å²) in [6.07, 6.45) is 0.0929. The Morgan fingerprint density at radius 3 is 2.38 bits per heavy atom. The smallest absolute Gasteiger partial charge is 0.255 e. The number of rotatable bonds is 7. The van der Waals surface area contributed by atoms with Crippen molar-refractivity contribution < 1.29 is 44.4 Å². The predicted molar refractivity (Wildman–Crippen MR) is 142 cm³/mol. The Kier molecular flexibility index (Phi) is 7.40. The van der Waals surface area contributed by atoms with Gasteiger partial charge in [-0.1, -0.05) is 0 Å². The fourth-order valence-electron chi connectivity index (χ4n) is 6.12. The number of likely N-dealkylation sites (N-methyl/N-ethyl adjacent to an activating group) is 1. The number of carbonyl (C=O) groups is 4. The molecule has 0 aromatic heterocycles. The van der Waals surface area contributed by atoms with Crippen molar-refractivity contribution >= 4 is 40.5 Å². The maximum atomic E-state index is 14.0. The Balaban J connectivity index is 1.93. The lowest BCUT2D eigenvalue weighted by Gasteiger charge is -2.50. The number of fused-ring (bicyclic) bond motifs is 3. The molecule has 14 nitrogen and oxygen atoms in total. The number of hydroxylamine groups is 1. The van der Waals surface area contributed by atoms with Crippen LogP contribution in [0, 0.1) is 11.8 Å². The van der Waals surface area contributed by atoms with Gasteiger partial charge in [-0.25, -0.2) is 0 Å². The largest absolute Gasteiger partial charge is 0.508 e. The molecule has 0 bridgehead atoms. The lowest BCUT2D eigenvalue weighted by Crippen LogP contribution is -2.65. The van der Waals surface area contributed by atoms with Crippen LogP contribution in [0.2, 0.25) is 0 Å². The van der Waals surface area contributed by atoms with E-state index in [0.717, 1.165) is 0 Å². The molecule has 0 saturated heterocycles. The summed E-state index contributed by atoms with van der Waals surface area (Å²) < 4.78 is 0. The van der Waals surface area contributed by atoms with Crippen LogP contribution in [-0.2, 0) is 30.4 Å². The van der Waals surface area contributed by atoms with Crippen LogP contribution >= 0.6 is 0 Å². The summed E-state index contributed by atoms with van der Waals surface area (Å²) in [6, 6.07) is 0.357. The van der Waals surface area contributed by atoms with Gasteiger partial charge in [0, 0.05) is 31.3 Å². The molecule has 1 saturated carbocycles. The second-order valence-corrected chi connectivity index (χ2v) is 10.6. The van der Waals surface area contributed by atoms with Crippen molar-refractivity contribution in [1.82, 2.24) is 10.4 Å². The molecule has 1 aromatic carbocycles. The number of primary amides is 1. The average molecular weight is 560 g/mol. The van der Waals surface area contributed by atoms with Gasteiger partial charge in [-0.3, -0.25) is 24.1 Å². The fraction of sp³-hybridized carbons (Fsp3) is 0.462. The molecular weight excluding hydrogens is 526 g/mol. The quantitative estimate of drug-likeness (QED) is 0.123. The van der Waals surface area contributed by atoms with Crippen molar-refractivity contribution in [3.63, 3.8) is 0 Å². The number of hydrogen-bond acceptors (Lipinski definition) is 12. The Bertz CT molecular complexity index is 1380. The molecule has 3 aliphatic carbocycles. The second-order valence-electron chi connectivity index (χ2n) is 10.6. The van der Waals surface area contributed by atoms with Gasteiger partial charge in [0.05, 0.1) is 24.4 Å². The van der Waals surface area contributed by atoms with Gasteiger partial charge < -0.3 is 41.2 Å². The average Bonchev–Trinajstić information content (AvgIpc) is 2.85. The molecule has 0 spiro atoms. The number of nitrogens with one attached hydrogen (secondary N) is 2. The molecule has 216 valence electrons. The van der Waals surface area contributed by atoms with Crippen LogP contribution in [0.5, 0.6) is 5.75 Å². The molecule has 0 unspecified atom stereocenters. The highest BCUT2D eigenvalue weighted by Gasteiger charge is 2.64. The van der Waals surface area contributed by atoms with Crippen molar-refractivity contribution in [2.24, 2.45) is 17.6 Å². The number of Topliss-reactive ketones (excluding diaryl/α,β-unsaturated/α-hetero) is 2. The number of phenols is 1. The molecule has 0 heterocycles. The lowest BCUT2D eigenvalue weighted by molar-refractivity contribution is -0.153. The molecule has 2 amide bonds. The summed E-state index contributed by atoms with van der Waals surface area (Å²) >= 11 is 0. The van der Waals surface area contributed by atoms with Gasteiger partial charge in [0.2, 0.25) is 11.7 Å². The van der Waals surface area contributed by atoms with E-state index in [-0.39, 0.29) is 36.2 Å². The minimum absolute atomic E-state index is 0.0272. The van der Waals surface area contributed by atoms with E-state index in [1.807, 2.05) is 0 Å². The summed E-state index contributed by atoms with van der Waals surface area (Å²) in [5, 5.41) is 47.8. The number of amides is 2. The number of nitrogens with zero attached hydrogens (tertiary/aromatic N) is 2. The van der Waals surface area contributed by atoms with E-state index in [1.165, 1.54) is 32.2 Å². The van der Waals surface area contributed by atoms with Crippen molar-refractivity contribution in [3.05, 3.63) is 34.1 Å². The standard InChI is InChI=1S/C26H33N5O9/c1-30(2)14-8-13(29-15(32)9-28-40-5)20(33)17-11(14)6-10-7-12-19(31(3)4)22(35)18(25(27)38)24(37)26(12,39)23(36)16(10)21(17)34/h8,10,12,19,28,33-34,37,39H,6-7,9H2,1-5H3,(H2,27,38)(H,29,32)/t10-,12-,19-,26-/m0/s1. The number of benzene rings is 1. The normalized spacial score (nSPS) is 25.9. The third-order valence-corrected chi connectivity index (χ3v) is 7.83. The van der Waals surface area contributed by atoms with Crippen molar-refractivity contribution in [2.45, 2.75) is 24.5 Å². The summed E-state index contributed by atoms with van der Waals surface area (Å²) in [4.78, 5) is 59.4. The van der Waals surface area contributed by atoms with Gasteiger partial charge in [0.1, 0.15) is 29.4 Å². The van der Waals surface area contributed by atoms with E-state index in [9.17, 15) is 39.6 Å². The molecule has 40 heavy (non-hydrogen) atoms. The summed E-state index contributed by atoms with van der Waals surface area (Å²) in [6.45, 7) is -0.244. The van der Waals surface area contributed by atoms with E-state index >= 15 is 0 Å². The first-order valence-corrected chi connectivity index (χ1v) is 12.4. The van der Waals surface area contributed by atoms with Crippen LogP contribution in [0.3, 0.4) is 0 Å². The van der Waals surface area contributed by atoms with Gasteiger partial charge >= 0.3 is 0 Å². The first-order chi connectivity index (χ1) is 18.7. The van der Waals surface area contributed by atoms with E-state index in [0.29, 0.717) is 11.3 Å². The van der Waals surface area contributed by atoms with Crippen LogP contribution < -0.4 is 21.4 Å². The zero-order valence-corrected chi connectivity index (χ0v) is 22.7. The molecule has 0 radical (unpaired) electrons. The lowest BCUT2D eigenvalue weighted by atomic mass is 9.57. The number of nitrogens with two attached hydrogens (primary N) is 1. The van der Waals surface area contributed by atoms with Crippen LogP contribution in [0.1, 0.15) is 17.5 Å². The van der Waals surface area contributed by atoms with E-state index in [2.05, 4.69) is 15.6 Å². The predicted octanol–water partition coefficient (Wildman–Crippen LogP) is -0.880. The van der Waals surface area contributed by atoms with Crippen molar-refractivity contribution in [2.75, 3.05) is 52.1 Å². The first kappa shape index (κ1) is 29.0. The highest BCUT2D eigenvalue weighted by molar-refractivity contribution is 6.24. The zero-order valence-electron chi connectivity index (χ0n) is 22.7. The van der Waals surface area contributed by atoms with E-state index in [1.54, 1.807) is 19.0 Å². The van der Waals surface area contributed by atoms with Gasteiger partial charge in [-0.2, -0.15) is 5.48 Å². The fourth-order valence-corrected chi connectivity index (χ4v) is 6.12. The Hall–Kier alpha value is -3.98. The van der Waals surface area contributed by atoms with Crippen LogP contribution in [-0.4, -0.2) is 102 Å². The third kappa shape index (κ3) is 4.20. The van der Waals surface area contributed by atoms with Gasteiger partial charge in [0.15, 0.2) is 11.4 Å². The summed E-state index contributed by atoms with van der Waals surface area (Å²) in [5.41, 5.74) is 4.65. The Morgan fingerprint density at radius 2 is 1.82 bits per heavy atom. The van der Waals surface area contributed by atoms with Crippen molar-refractivity contribution in [3.8, 4) is 5.75 Å². The van der Waals surface area contributed by atoms with Gasteiger partial charge in [-0.05, 0) is 44.5 Å². The SMILES string of the molecule is CONCC(=O)Nc1cc(N(C)C)c2c(c1O)C(O)=C1C(=O)[C@]3(O)C(O)=C(C(N)=O)C(=O)[C@@H](N(C)C)[C@@H]3C[C@@H]1C2. The third-order valence-electron chi connectivity index (χ3n) is 7.83. The monoisotopic (exact) mass is 559 g/mol. The number of aliphatic hydroxyl groups is 3. The van der Waals surface area contributed by atoms with E-state index < -0.39 is 69.7 Å². The Labute approximate surface area is 229 Å². The zero-order chi connectivity index (χ0) is 29.8. The number of anilines is 2. The molecular formula is C26H33N5O9. The molecule has 8 N–H and O–H groups in total. The van der Waals surface area contributed by atoms with Crippen LogP contribution in [0.15, 0.2) is 23.0 Å². The molecule has 1 aromatic rings. The number of carbonyl (C=O) groups excluding carboxylic acids is 4. The second kappa shape index (κ2) is 10.2. The molecule has 0 aliphatic heterocycles. The summed E-state index contributed by atoms with van der Waals surface area (Å²) in [5.74, 6) is -8.01. The van der Waals surface area contributed by atoms with Crippen molar-refractivity contribution in [1.29, 1.82) is 0 Å². The number of hydrogen-bond donors (Lipinski definition) is 7. The summed E-state index contributed by atoms with van der Waals surface area (Å²) in [7, 11) is 7.85. The number of aromatic hydroxyl groups is 1. The van der Waals surface area contributed by atoms with Crippen LogP contribution in [0.25, 0.3) is 5.76 Å².